The standard InChI is InChI=1S/C29H35ClN2O4S.BH2O2/c1-29(2,3)36-25(33)17-31-20-13-15-21(16-14-20)32(18-19-9-5-7-11-23(19)35-4)28(34)27-26(30)22-10-6-8-12-24(22)37-27;2-1-3/h5-12,20-21,31H,13-18H2,1-4H3;2-3H. The molecule has 1 fully saturated rings. The average Bonchev–Trinajstić information content (AvgIpc) is 3.26. The Bertz CT molecular complexity index is 1270. The molecule has 8 nitrogen and oxygen atoms in total. The van der Waals surface area contributed by atoms with E-state index in [1.807, 2.05) is 74.2 Å². The number of thiophene rings is 1. The summed E-state index contributed by atoms with van der Waals surface area (Å²) in [5, 5.41) is 18.8. The Kier molecular flexibility index (Phi) is 11.8. The minimum absolute atomic E-state index is 0. The second-order valence-electron chi connectivity index (χ2n) is 10.6. The van der Waals surface area contributed by atoms with E-state index in [-0.39, 0.29) is 38.2 Å². The minimum Gasteiger partial charge on any atom is -0.496 e. The van der Waals surface area contributed by atoms with E-state index in [1.54, 1.807) is 7.11 Å². The number of nitrogens with one attached hydrogen (secondary N) is 1. The fourth-order valence-corrected chi connectivity index (χ4v) is 6.33. The number of carbonyl (C=O) groups is 2. The van der Waals surface area contributed by atoms with Crippen LogP contribution in [0.25, 0.3) is 10.1 Å². The predicted octanol–water partition coefficient (Wildman–Crippen LogP) is 4.95. The first-order valence-electron chi connectivity index (χ1n) is 13.2. The monoisotopic (exact) mass is 587 g/mol. The highest BCUT2D eigenvalue weighted by Gasteiger charge is 2.32. The molecule has 1 aromatic heterocycles. The first-order chi connectivity index (χ1) is 19.1. The summed E-state index contributed by atoms with van der Waals surface area (Å²) in [6, 6.07) is 15.9. The van der Waals surface area contributed by atoms with Crippen molar-refractivity contribution < 1.29 is 29.1 Å². The van der Waals surface area contributed by atoms with Gasteiger partial charge in [-0.05, 0) is 58.6 Å². The topological polar surface area (TPSA) is 108 Å². The largest absolute Gasteiger partial charge is 0.496 e. The number of ether oxygens (including phenoxy) is 2. The summed E-state index contributed by atoms with van der Waals surface area (Å²) in [7, 11) is 1.65. The Morgan fingerprint density at radius 2 is 1.70 bits per heavy atom. The fourth-order valence-electron chi connectivity index (χ4n) is 4.86. The fraction of sp³-hybridized carbons (Fsp3) is 0.448. The SMILES string of the molecule is COc1ccccc1CN(C(=O)c1sc2ccccc2c1Cl)C1CCC(NCC(=O)OC(C)(C)C)CC1.O[B]O. The molecule has 215 valence electrons. The van der Waals surface area contributed by atoms with Crippen molar-refractivity contribution in [2.24, 2.45) is 0 Å². The van der Waals surface area contributed by atoms with E-state index < -0.39 is 5.60 Å². The number of methoxy groups -OCH3 is 1. The van der Waals surface area contributed by atoms with Gasteiger partial charge in [0.1, 0.15) is 16.2 Å². The van der Waals surface area contributed by atoms with Crippen LogP contribution < -0.4 is 10.1 Å². The van der Waals surface area contributed by atoms with Gasteiger partial charge < -0.3 is 29.7 Å². The van der Waals surface area contributed by atoms with Gasteiger partial charge in [-0.15, -0.1) is 11.3 Å². The van der Waals surface area contributed by atoms with Crippen molar-refractivity contribution in [1.82, 2.24) is 10.2 Å². The Hall–Kier alpha value is -2.63. The molecular formula is C29H37BClN2O6S. The number of hydrogen-bond donors (Lipinski definition) is 3. The molecule has 0 spiro atoms. The van der Waals surface area contributed by atoms with Crippen molar-refractivity contribution in [3.63, 3.8) is 0 Å². The molecule has 4 rings (SSSR count). The summed E-state index contributed by atoms with van der Waals surface area (Å²) in [5.41, 5.74) is 0.463. The van der Waals surface area contributed by atoms with Crippen LogP contribution in [0, 0.1) is 0 Å². The summed E-state index contributed by atoms with van der Waals surface area (Å²) in [6.45, 7) is 6.23. The van der Waals surface area contributed by atoms with E-state index in [1.165, 1.54) is 11.3 Å². The van der Waals surface area contributed by atoms with Gasteiger partial charge >= 0.3 is 13.7 Å². The van der Waals surface area contributed by atoms with Crippen LogP contribution in [0.4, 0.5) is 0 Å². The third kappa shape index (κ3) is 8.69. The van der Waals surface area contributed by atoms with E-state index in [9.17, 15) is 9.59 Å². The molecule has 1 aliphatic rings. The second-order valence-corrected chi connectivity index (χ2v) is 12.0. The number of fused-ring (bicyclic) bond motifs is 1. The molecule has 11 heteroatoms. The van der Waals surface area contributed by atoms with Crippen molar-refractivity contribution in [2.45, 2.75) is 70.7 Å². The molecule has 1 heterocycles. The zero-order valence-electron chi connectivity index (χ0n) is 23.4. The number of halogens is 1. The van der Waals surface area contributed by atoms with Gasteiger partial charge in [0.15, 0.2) is 0 Å². The molecule has 0 bridgehead atoms. The van der Waals surface area contributed by atoms with Crippen LogP contribution in [0.15, 0.2) is 48.5 Å². The predicted molar refractivity (Wildman–Crippen MR) is 160 cm³/mol. The summed E-state index contributed by atoms with van der Waals surface area (Å²) in [4.78, 5) is 28.7. The number of benzene rings is 2. The minimum atomic E-state index is -0.496. The zero-order valence-corrected chi connectivity index (χ0v) is 24.9. The van der Waals surface area contributed by atoms with Gasteiger partial charge in [-0.3, -0.25) is 9.59 Å². The van der Waals surface area contributed by atoms with Gasteiger partial charge in [-0.2, -0.15) is 0 Å². The van der Waals surface area contributed by atoms with Crippen molar-refractivity contribution in [3.8, 4) is 5.75 Å². The van der Waals surface area contributed by atoms with Crippen molar-refractivity contribution >= 4 is 52.6 Å². The molecule has 1 saturated carbocycles. The first kappa shape index (κ1) is 31.9. The Labute approximate surface area is 245 Å². The molecule has 0 saturated heterocycles. The Morgan fingerprint density at radius 1 is 1.07 bits per heavy atom. The molecule has 1 radical (unpaired) electrons. The highest BCUT2D eigenvalue weighted by Crippen LogP contribution is 2.38. The molecule has 2 aromatic carbocycles. The maximum absolute atomic E-state index is 14.0. The highest BCUT2D eigenvalue weighted by molar-refractivity contribution is 7.21. The van der Waals surface area contributed by atoms with E-state index >= 15 is 0 Å². The number of nitrogens with zero attached hydrogens (tertiary/aromatic N) is 1. The summed E-state index contributed by atoms with van der Waals surface area (Å²) < 4.78 is 12.0. The molecule has 0 atom stereocenters. The van der Waals surface area contributed by atoms with Crippen LogP contribution in [0.5, 0.6) is 5.75 Å². The Morgan fingerprint density at radius 3 is 2.33 bits per heavy atom. The first-order valence-corrected chi connectivity index (χ1v) is 14.4. The summed E-state index contributed by atoms with van der Waals surface area (Å²) in [6.07, 6.45) is 3.39. The van der Waals surface area contributed by atoms with E-state index in [0.29, 0.717) is 16.4 Å². The normalized spacial score (nSPS) is 17.0. The number of carbonyl (C=O) groups excluding carboxylic acids is 2. The lowest BCUT2D eigenvalue weighted by atomic mass is 9.89. The molecule has 0 unspecified atom stereocenters. The molecule has 0 aliphatic heterocycles. The number of para-hydroxylation sites is 1. The van der Waals surface area contributed by atoms with Crippen LogP contribution in [0.3, 0.4) is 0 Å². The maximum Gasteiger partial charge on any atom is 0.482 e. The quantitative estimate of drug-likeness (QED) is 0.253. The molecule has 3 aromatic rings. The lowest BCUT2D eigenvalue weighted by Gasteiger charge is -2.37. The second kappa shape index (κ2) is 14.8. The zero-order chi connectivity index (χ0) is 29.3. The molecule has 40 heavy (non-hydrogen) atoms. The third-order valence-corrected chi connectivity index (χ3v) is 8.28. The van der Waals surface area contributed by atoms with E-state index in [4.69, 9.17) is 31.1 Å². The Balaban J connectivity index is 0.00000141. The van der Waals surface area contributed by atoms with E-state index in [0.717, 1.165) is 47.1 Å². The molecule has 3 N–H and O–H groups in total. The van der Waals surface area contributed by atoms with Crippen molar-refractivity contribution in [3.05, 3.63) is 64.0 Å². The number of amides is 1. The maximum atomic E-state index is 14.0. The lowest BCUT2D eigenvalue weighted by Crippen LogP contribution is -2.46. The van der Waals surface area contributed by atoms with E-state index in [2.05, 4.69) is 5.32 Å². The number of hydrogen-bond acceptors (Lipinski definition) is 8. The van der Waals surface area contributed by atoms with Crippen molar-refractivity contribution in [2.75, 3.05) is 13.7 Å². The van der Waals surface area contributed by atoms with Gasteiger partial charge in [0.25, 0.3) is 5.91 Å². The van der Waals surface area contributed by atoms with Gasteiger partial charge in [-0.25, -0.2) is 0 Å². The smallest absolute Gasteiger partial charge is 0.482 e. The average molecular weight is 588 g/mol. The van der Waals surface area contributed by atoms with Gasteiger partial charge in [0.2, 0.25) is 0 Å². The molecule has 1 amide bonds. The third-order valence-electron chi connectivity index (χ3n) is 6.62. The van der Waals surface area contributed by atoms with Crippen LogP contribution in [0.1, 0.15) is 61.7 Å². The summed E-state index contributed by atoms with van der Waals surface area (Å²) in [5.74, 6) is 0.458. The molecular weight excluding hydrogens is 551 g/mol. The van der Waals surface area contributed by atoms with Gasteiger partial charge in [0, 0.05) is 34.3 Å². The summed E-state index contributed by atoms with van der Waals surface area (Å²) >= 11 is 8.16. The lowest BCUT2D eigenvalue weighted by molar-refractivity contribution is -0.153. The number of esters is 1. The van der Waals surface area contributed by atoms with Crippen LogP contribution >= 0.6 is 22.9 Å². The van der Waals surface area contributed by atoms with Gasteiger partial charge in [0.05, 0.1) is 18.7 Å². The van der Waals surface area contributed by atoms with Crippen molar-refractivity contribution in [1.29, 1.82) is 0 Å². The van der Waals surface area contributed by atoms with Crippen LogP contribution in [-0.2, 0) is 16.1 Å². The highest BCUT2D eigenvalue weighted by atomic mass is 35.5. The van der Waals surface area contributed by atoms with Crippen LogP contribution in [-0.4, -0.2) is 65.8 Å². The van der Waals surface area contributed by atoms with Gasteiger partial charge in [-0.1, -0.05) is 48.0 Å². The number of rotatable bonds is 8. The van der Waals surface area contributed by atoms with Crippen LogP contribution in [0.2, 0.25) is 5.02 Å². The molecule has 1 aliphatic carbocycles.